The van der Waals surface area contributed by atoms with Gasteiger partial charge in [-0.05, 0) is 0 Å². The van der Waals surface area contributed by atoms with Crippen LogP contribution in [0, 0.1) is 0 Å². The minimum atomic E-state index is -0.189. The van der Waals surface area contributed by atoms with E-state index in [1.54, 1.807) is 38.7 Å². The van der Waals surface area contributed by atoms with E-state index in [1.807, 2.05) is 0 Å². The van der Waals surface area contributed by atoms with E-state index in [1.165, 1.54) is 4.68 Å². The summed E-state index contributed by atoms with van der Waals surface area (Å²) in [7, 11) is 3.10. The molecule has 0 bridgehead atoms. The molecule has 0 aliphatic carbocycles. The second-order valence-electron chi connectivity index (χ2n) is 5.30. The van der Waals surface area contributed by atoms with Crippen molar-refractivity contribution in [2.75, 3.05) is 45.4 Å². The topological polar surface area (TPSA) is 78.7 Å². The van der Waals surface area contributed by atoms with Crippen LogP contribution in [-0.2, 0) is 11.3 Å². The minimum Gasteiger partial charge on any atom is -0.493 e. The second kappa shape index (κ2) is 7.31. The fourth-order valence-electron chi connectivity index (χ4n) is 2.64. The highest BCUT2D eigenvalue weighted by Gasteiger charge is 2.15. The number of hydrogen-bond donors (Lipinski definition) is 0. The molecule has 0 spiro atoms. The lowest BCUT2D eigenvalue weighted by Gasteiger charge is -2.28. The predicted molar refractivity (Wildman–Crippen MR) is 88.0 cm³/mol. The molecule has 8 nitrogen and oxygen atoms in total. The van der Waals surface area contributed by atoms with E-state index in [2.05, 4.69) is 15.0 Å². The maximum Gasteiger partial charge on any atom is 0.269 e. The molecule has 1 aliphatic heterocycles. The molecule has 24 heavy (non-hydrogen) atoms. The van der Waals surface area contributed by atoms with Gasteiger partial charge < -0.3 is 19.1 Å². The fourth-order valence-corrected chi connectivity index (χ4v) is 2.64. The van der Waals surface area contributed by atoms with Gasteiger partial charge in [-0.1, -0.05) is 0 Å². The van der Waals surface area contributed by atoms with Gasteiger partial charge in [-0.25, -0.2) is 4.68 Å². The second-order valence-corrected chi connectivity index (χ2v) is 5.30. The summed E-state index contributed by atoms with van der Waals surface area (Å²) in [6.07, 6.45) is 3.31. The molecule has 2 aromatic rings. The quantitative estimate of drug-likeness (QED) is 0.791. The Balaban J connectivity index is 1.85. The molecule has 3 rings (SSSR count). The number of rotatable bonds is 5. The molecule has 8 heteroatoms. The zero-order valence-electron chi connectivity index (χ0n) is 13.8. The molecule has 1 fully saturated rings. The maximum atomic E-state index is 12.4. The van der Waals surface area contributed by atoms with Crippen LogP contribution in [0.1, 0.15) is 5.69 Å². The van der Waals surface area contributed by atoms with E-state index < -0.39 is 0 Å². The van der Waals surface area contributed by atoms with Crippen LogP contribution in [0.3, 0.4) is 0 Å². The molecule has 0 aromatic carbocycles. The van der Waals surface area contributed by atoms with E-state index in [0.717, 1.165) is 18.8 Å². The van der Waals surface area contributed by atoms with Crippen molar-refractivity contribution in [1.29, 1.82) is 0 Å². The molecular weight excluding hydrogens is 312 g/mol. The third kappa shape index (κ3) is 3.33. The molecule has 0 atom stereocenters. The highest BCUT2D eigenvalue weighted by Crippen LogP contribution is 2.29. The zero-order valence-corrected chi connectivity index (χ0v) is 13.8. The zero-order chi connectivity index (χ0) is 16.9. The first kappa shape index (κ1) is 16.3. The van der Waals surface area contributed by atoms with Crippen LogP contribution in [-0.4, -0.2) is 55.3 Å². The van der Waals surface area contributed by atoms with Crippen molar-refractivity contribution >= 4 is 5.69 Å². The van der Waals surface area contributed by atoms with Crippen LogP contribution in [0.15, 0.2) is 29.3 Å². The van der Waals surface area contributed by atoms with Gasteiger partial charge in [0.15, 0.2) is 11.5 Å². The summed E-state index contributed by atoms with van der Waals surface area (Å²) in [5.41, 5.74) is 1.21. The SMILES string of the molecule is COc1ccnc(Cn2ncc(N3CCOCC3)cc2=O)c1OC. The highest BCUT2D eigenvalue weighted by atomic mass is 16.5. The van der Waals surface area contributed by atoms with E-state index in [0.29, 0.717) is 30.4 Å². The van der Waals surface area contributed by atoms with Crippen molar-refractivity contribution in [3.8, 4) is 11.5 Å². The van der Waals surface area contributed by atoms with E-state index >= 15 is 0 Å². The van der Waals surface area contributed by atoms with Gasteiger partial charge in [0.25, 0.3) is 5.56 Å². The van der Waals surface area contributed by atoms with Crippen molar-refractivity contribution < 1.29 is 14.2 Å². The number of pyridine rings is 1. The Morgan fingerprint density at radius 2 is 2.04 bits per heavy atom. The van der Waals surface area contributed by atoms with Crippen LogP contribution < -0.4 is 19.9 Å². The largest absolute Gasteiger partial charge is 0.493 e. The molecule has 2 aromatic heterocycles. The van der Waals surface area contributed by atoms with Crippen LogP contribution in [0.4, 0.5) is 5.69 Å². The summed E-state index contributed by atoms with van der Waals surface area (Å²) in [5.74, 6) is 1.08. The lowest BCUT2D eigenvalue weighted by molar-refractivity contribution is 0.122. The summed E-state index contributed by atoms with van der Waals surface area (Å²) < 4.78 is 17.3. The molecule has 0 radical (unpaired) electrons. The lowest BCUT2D eigenvalue weighted by Crippen LogP contribution is -2.37. The average molecular weight is 332 g/mol. The number of methoxy groups -OCH3 is 2. The number of anilines is 1. The predicted octanol–water partition coefficient (Wildman–Crippen LogP) is 0.540. The molecule has 0 amide bonds. The van der Waals surface area contributed by atoms with Crippen molar-refractivity contribution in [1.82, 2.24) is 14.8 Å². The molecule has 128 valence electrons. The fraction of sp³-hybridized carbons (Fsp3) is 0.438. The third-order valence-corrected chi connectivity index (χ3v) is 3.90. The molecule has 1 saturated heterocycles. The summed E-state index contributed by atoms with van der Waals surface area (Å²) in [4.78, 5) is 18.7. The van der Waals surface area contributed by atoms with Gasteiger partial charge in [0.1, 0.15) is 5.69 Å². The van der Waals surface area contributed by atoms with Crippen LogP contribution in [0.2, 0.25) is 0 Å². The van der Waals surface area contributed by atoms with Crippen LogP contribution in [0.5, 0.6) is 11.5 Å². The molecule has 0 unspecified atom stereocenters. The normalized spacial score (nSPS) is 14.5. The summed E-state index contributed by atoms with van der Waals surface area (Å²) in [6, 6.07) is 3.30. The number of nitrogens with zero attached hydrogens (tertiary/aromatic N) is 4. The van der Waals surface area contributed by atoms with E-state index in [4.69, 9.17) is 14.2 Å². The van der Waals surface area contributed by atoms with Gasteiger partial charge in [0.05, 0.1) is 45.9 Å². The first-order chi connectivity index (χ1) is 11.7. The number of hydrogen-bond acceptors (Lipinski definition) is 7. The highest BCUT2D eigenvalue weighted by molar-refractivity contribution is 5.44. The van der Waals surface area contributed by atoms with E-state index in [-0.39, 0.29) is 12.1 Å². The molecule has 0 saturated carbocycles. The summed E-state index contributed by atoms with van der Waals surface area (Å²) in [6.45, 7) is 3.05. The van der Waals surface area contributed by atoms with Gasteiger partial charge in [-0.2, -0.15) is 5.10 Å². The molecule has 3 heterocycles. The van der Waals surface area contributed by atoms with Crippen LogP contribution in [0.25, 0.3) is 0 Å². The monoisotopic (exact) mass is 332 g/mol. The maximum absolute atomic E-state index is 12.4. The number of aromatic nitrogens is 3. The smallest absolute Gasteiger partial charge is 0.269 e. The van der Waals surface area contributed by atoms with Gasteiger partial charge in [0.2, 0.25) is 0 Å². The average Bonchev–Trinajstić information content (AvgIpc) is 2.63. The Bertz CT molecular complexity index is 756. The number of ether oxygens (including phenoxy) is 3. The Hall–Kier alpha value is -2.61. The molecule has 1 aliphatic rings. The summed E-state index contributed by atoms with van der Waals surface area (Å²) in [5, 5.41) is 4.26. The lowest BCUT2D eigenvalue weighted by atomic mass is 10.3. The molecule has 0 N–H and O–H groups in total. The van der Waals surface area contributed by atoms with Crippen LogP contribution >= 0.6 is 0 Å². The van der Waals surface area contributed by atoms with E-state index in [9.17, 15) is 4.79 Å². The Kier molecular flexibility index (Phi) is 4.95. The minimum absolute atomic E-state index is 0.189. The van der Waals surface area contributed by atoms with Gasteiger partial charge in [-0.15, -0.1) is 0 Å². The van der Waals surface area contributed by atoms with Gasteiger partial charge in [0, 0.05) is 31.4 Å². The first-order valence-corrected chi connectivity index (χ1v) is 7.68. The van der Waals surface area contributed by atoms with Gasteiger partial charge in [-0.3, -0.25) is 9.78 Å². The summed E-state index contributed by atoms with van der Waals surface area (Å²) >= 11 is 0. The van der Waals surface area contributed by atoms with Crippen molar-refractivity contribution in [2.24, 2.45) is 0 Å². The Morgan fingerprint density at radius 3 is 2.71 bits per heavy atom. The van der Waals surface area contributed by atoms with Crippen molar-refractivity contribution in [3.05, 3.63) is 40.6 Å². The Morgan fingerprint density at radius 1 is 1.25 bits per heavy atom. The Labute approximate surface area is 139 Å². The standard InChI is InChI=1S/C16H20N4O4/c1-22-14-3-4-17-13(16(14)23-2)11-20-15(21)9-12(10-18-20)19-5-7-24-8-6-19/h3-4,9-10H,5-8,11H2,1-2H3. The van der Waals surface area contributed by atoms with Crippen molar-refractivity contribution in [2.45, 2.75) is 6.54 Å². The van der Waals surface area contributed by atoms with Crippen molar-refractivity contribution in [3.63, 3.8) is 0 Å². The van der Waals surface area contributed by atoms with Gasteiger partial charge >= 0.3 is 0 Å². The first-order valence-electron chi connectivity index (χ1n) is 7.68. The number of morpholine rings is 1. The third-order valence-electron chi connectivity index (χ3n) is 3.90. The molecular formula is C16H20N4O4.